The fraction of sp³-hybridized carbons (Fsp3) is 0.125. The van der Waals surface area contributed by atoms with Crippen molar-refractivity contribution in [3.63, 3.8) is 0 Å². The maximum Gasteiger partial charge on any atom is 0.263 e. The summed E-state index contributed by atoms with van der Waals surface area (Å²) in [4.78, 5) is 41.7. The van der Waals surface area contributed by atoms with Gasteiger partial charge in [0.25, 0.3) is 17.7 Å². The molecule has 0 N–H and O–H groups in total. The molecule has 1 heterocycles. The second-order valence-electron chi connectivity index (χ2n) is 6.87. The molecule has 0 saturated carbocycles. The van der Waals surface area contributed by atoms with Crippen molar-refractivity contribution < 1.29 is 19.1 Å². The van der Waals surface area contributed by atoms with Crippen molar-refractivity contribution in [2.24, 2.45) is 0 Å². The molecule has 0 radical (unpaired) electrons. The van der Waals surface area contributed by atoms with Crippen LogP contribution in [0.25, 0.3) is 0 Å². The maximum atomic E-state index is 13.5. The average Bonchev–Trinajstić information content (AvgIpc) is 3.02. The van der Waals surface area contributed by atoms with Gasteiger partial charge in [0.05, 0.1) is 23.4 Å². The fourth-order valence-corrected chi connectivity index (χ4v) is 3.68. The van der Waals surface area contributed by atoms with Gasteiger partial charge in [-0.2, -0.15) is 0 Å². The van der Waals surface area contributed by atoms with Crippen LogP contribution in [0.3, 0.4) is 0 Å². The summed E-state index contributed by atoms with van der Waals surface area (Å²) >= 11 is 6.08. The molecule has 3 aromatic carbocycles. The van der Waals surface area contributed by atoms with E-state index in [0.717, 1.165) is 4.90 Å². The third kappa shape index (κ3) is 3.90. The Morgan fingerprint density at radius 3 is 2.23 bits per heavy atom. The molecule has 0 bridgehead atoms. The quantitative estimate of drug-likeness (QED) is 0.530. The van der Waals surface area contributed by atoms with Crippen LogP contribution in [0.15, 0.2) is 72.8 Å². The molecule has 0 aromatic heterocycles. The van der Waals surface area contributed by atoms with Crippen LogP contribution in [0.1, 0.15) is 38.0 Å². The zero-order chi connectivity index (χ0) is 22.0. The van der Waals surface area contributed by atoms with Crippen LogP contribution in [0.4, 0.5) is 5.69 Å². The van der Waals surface area contributed by atoms with Crippen LogP contribution in [0, 0.1) is 0 Å². The van der Waals surface area contributed by atoms with Gasteiger partial charge in [0.2, 0.25) is 0 Å². The Bertz CT molecular complexity index is 1140. The highest BCUT2D eigenvalue weighted by molar-refractivity contribution is 6.31. The van der Waals surface area contributed by atoms with Crippen molar-refractivity contribution in [2.75, 3.05) is 18.2 Å². The largest absolute Gasteiger partial charge is 0.492 e. The Hall–Kier alpha value is -3.64. The number of anilines is 1. The Morgan fingerprint density at radius 1 is 0.935 bits per heavy atom. The van der Waals surface area contributed by atoms with Gasteiger partial charge in [0, 0.05) is 10.6 Å². The van der Waals surface area contributed by atoms with E-state index in [1.807, 2.05) is 6.92 Å². The first-order chi connectivity index (χ1) is 15.0. The van der Waals surface area contributed by atoms with E-state index in [-0.39, 0.29) is 6.67 Å². The molecule has 0 fully saturated rings. The minimum Gasteiger partial charge on any atom is -0.492 e. The van der Waals surface area contributed by atoms with Gasteiger partial charge >= 0.3 is 0 Å². The Balaban J connectivity index is 1.76. The zero-order valence-electron chi connectivity index (χ0n) is 16.7. The Kier molecular flexibility index (Phi) is 5.73. The lowest BCUT2D eigenvalue weighted by Crippen LogP contribution is -2.44. The molecule has 0 spiro atoms. The summed E-state index contributed by atoms with van der Waals surface area (Å²) in [6.07, 6.45) is 0. The van der Waals surface area contributed by atoms with Gasteiger partial charge in [-0.05, 0) is 49.4 Å². The first kappa shape index (κ1) is 20.6. The van der Waals surface area contributed by atoms with Crippen LogP contribution in [0.2, 0.25) is 5.02 Å². The third-order valence-electron chi connectivity index (χ3n) is 4.93. The number of para-hydroxylation sites is 2. The van der Waals surface area contributed by atoms with Gasteiger partial charge in [0.1, 0.15) is 12.4 Å². The summed E-state index contributed by atoms with van der Waals surface area (Å²) in [7, 11) is 0. The monoisotopic (exact) mass is 434 g/mol. The molecular formula is C24H19ClN2O4. The topological polar surface area (TPSA) is 66.9 Å². The van der Waals surface area contributed by atoms with E-state index in [1.165, 1.54) is 4.90 Å². The predicted octanol–water partition coefficient (Wildman–Crippen LogP) is 4.64. The first-order valence-corrected chi connectivity index (χ1v) is 10.1. The Labute approximate surface area is 184 Å². The van der Waals surface area contributed by atoms with E-state index < -0.39 is 17.7 Å². The highest BCUT2D eigenvalue weighted by Crippen LogP contribution is 2.31. The van der Waals surface area contributed by atoms with E-state index >= 15 is 0 Å². The number of benzene rings is 3. The predicted molar refractivity (Wildman–Crippen MR) is 118 cm³/mol. The number of ether oxygens (including phenoxy) is 1. The van der Waals surface area contributed by atoms with Gasteiger partial charge in [-0.3, -0.25) is 24.2 Å². The smallest absolute Gasteiger partial charge is 0.263 e. The number of fused-ring (bicyclic) bond motifs is 1. The molecular weight excluding hydrogens is 416 g/mol. The molecule has 7 heteroatoms. The van der Waals surface area contributed by atoms with E-state index in [4.69, 9.17) is 16.3 Å². The van der Waals surface area contributed by atoms with Crippen molar-refractivity contribution in [1.82, 2.24) is 4.90 Å². The van der Waals surface area contributed by atoms with Crippen LogP contribution in [0.5, 0.6) is 5.75 Å². The normalized spacial score (nSPS) is 12.6. The maximum absolute atomic E-state index is 13.5. The summed E-state index contributed by atoms with van der Waals surface area (Å²) in [6.45, 7) is 1.97. The number of nitrogens with zero attached hydrogens (tertiary/aromatic N) is 2. The minimum atomic E-state index is -0.446. The van der Waals surface area contributed by atoms with Crippen LogP contribution in [-0.4, -0.2) is 35.9 Å². The number of carbonyl (C=O) groups excluding carboxylic acids is 3. The van der Waals surface area contributed by atoms with Crippen molar-refractivity contribution >= 4 is 35.0 Å². The summed E-state index contributed by atoms with van der Waals surface area (Å²) in [6, 6.07) is 20.1. The van der Waals surface area contributed by atoms with Gasteiger partial charge in [-0.15, -0.1) is 0 Å². The van der Waals surface area contributed by atoms with Crippen LogP contribution >= 0.6 is 11.6 Å². The molecule has 0 atom stereocenters. The van der Waals surface area contributed by atoms with E-state index in [9.17, 15) is 14.4 Å². The van der Waals surface area contributed by atoms with Crippen molar-refractivity contribution in [2.45, 2.75) is 6.92 Å². The van der Waals surface area contributed by atoms with Gasteiger partial charge < -0.3 is 4.74 Å². The molecule has 1 aliphatic heterocycles. The van der Waals surface area contributed by atoms with Crippen molar-refractivity contribution in [3.05, 3.63) is 94.5 Å². The number of hydrogen-bond donors (Lipinski definition) is 0. The van der Waals surface area contributed by atoms with Crippen LogP contribution in [-0.2, 0) is 0 Å². The fourth-order valence-electron chi connectivity index (χ4n) is 3.49. The number of carbonyl (C=O) groups is 3. The number of rotatable bonds is 6. The summed E-state index contributed by atoms with van der Waals surface area (Å²) in [5, 5.41) is 0.407. The number of imide groups is 1. The molecule has 4 rings (SSSR count). The second kappa shape index (κ2) is 8.62. The number of hydrogen-bond acceptors (Lipinski definition) is 4. The summed E-state index contributed by atoms with van der Waals surface area (Å²) in [5.41, 5.74) is 1.42. The molecule has 6 nitrogen and oxygen atoms in total. The van der Waals surface area contributed by atoms with E-state index in [0.29, 0.717) is 39.8 Å². The zero-order valence-corrected chi connectivity index (χ0v) is 17.5. The van der Waals surface area contributed by atoms with Gasteiger partial charge in [-0.1, -0.05) is 41.9 Å². The molecule has 31 heavy (non-hydrogen) atoms. The SMILES string of the molecule is CCOc1ccccc1N(CN1C(=O)c2ccccc2C1=O)C(=O)c1cccc(Cl)c1. The second-order valence-corrected chi connectivity index (χ2v) is 7.31. The van der Waals surface area contributed by atoms with Crippen molar-refractivity contribution in [1.29, 1.82) is 0 Å². The van der Waals surface area contributed by atoms with E-state index in [2.05, 4.69) is 0 Å². The molecule has 0 saturated heterocycles. The molecule has 3 amide bonds. The lowest BCUT2D eigenvalue weighted by molar-refractivity contribution is 0.0650. The van der Waals surface area contributed by atoms with Gasteiger partial charge in [0.15, 0.2) is 0 Å². The van der Waals surface area contributed by atoms with Gasteiger partial charge in [-0.25, -0.2) is 0 Å². The summed E-state index contributed by atoms with van der Waals surface area (Å²) < 4.78 is 5.70. The molecule has 0 aliphatic carbocycles. The minimum absolute atomic E-state index is 0.262. The standard InChI is InChI=1S/C24H19ClN2O4/c1-2-31-21-13-6-5-12-20(21)26(22(28)16-8-7-9-17(25)14-16)15-27-23(29)18-10-3-4-11-19(18)24(27)30/h3-14H,2,15H2,1H3. The number of halogens is 1. The third-order valence-corrected chi connectivity index (χ3v) is 5.17. The molecule has 0 unspecified atom stereocenters. The lowest BCUT2D eigenvalue weighted by Gasteiger charge is -2.28. The van der Waals surface area contributed by atoms with Crippen molar-refractivity contribution in [3.8, 4) is 5.75 Å². The summed E-state index contributed by atoms with van der Waals surface area (Å²) in [5.74, 6) is -0.833. The highest BCUT2D eigenvalue weighted by Gasteiger charge is 2.37. The van der Waals surface area contributed by atoms with Crippen LogP contribution < -0.4 is 9.64 Å². The lowest BCUT2D eigenvalue weighted by atomic mass is 10.1. The Morgan fingerprint density at radius 2 is 1.58 bits per heavy atom. The molecule has 3 aromatic rings. The number of amides is 3. The van der Waals surface area contributed by atoms with E-state index in [1.54, 1.807) is 72.8 Å². The molecule has 1 aliphatic rings. The molecule has 156 valence electrons. The average molecular weight is 435 g/mol. The highest BCUT2D eigenvalue weighted by atomic mass is 35.5. The first-order valence-electron chi connectivity index (χ1n) is 9.75.